The summed E-state index contributed by atoms with van der Waals surface area (Å²) in [5.74, 6) is -0.0628. The lowest BCUT2D eigenvalue weighted by Gasteiger charge is -2.12. The number of hydrogen-bond acceptors (Lipinski definition) is 4. The Morgan fingerprint density at radius 3 is 2.18 bits per heavy atom. The summed E-state index contributed by atoms with van der Waals surface area (Å²) in [6.07, 6.45) is -0.832. The van der Waals surface area contributed by atoms with Crippen molar-refractivity contribution in [3.63, 3.8) is 0 Å². The van der Waals surface area contributed by atoms with Crippen LogP contribution in [0.15, 0.2) is 54.6 Å². The lowest BCUT2D eigenvalue weighted by molar-refractivity contribution is 0.0319. The van der Waals surface area contributed by atoms with Gasteiger partial charge in [-0.1, -0.05) is 30.3 Å². The highest BCUT2D eigenvalue weighted by molar-refractivity contribution is 6.01. The molecule has 0 aliphatic heterocycles. The topological polar surface area (TPSA) is 52.6 Å². The van der Waals surface area contributed by atoms with Crippen LogP contribution in [-0.2, 0) is 4.74 Å². The second-order valence-electron chi connectivity index (χ2n) is 4.74. The van der Waals surface area contributed by atoms with E-state index in [4.69, 9.17) is 9.47 Å². The Morgan fingerprint density at radius 2 is 1.59 bits per heavy atom. The number of rotatable bonds is 6. The standard InChI is InChI=1S/C18H18O4/c1-3-21-16-11-9-15(10-12-16)18(20)22-13(2)17(19)14-7-5-4-6-8-14/h4-13H,3H2,1-2H3/t13-/m1/s1. The van der Waals surface area contributed by atoms with Crippen molar-refractivity contribution in [3.8, 4) is 5.75 Å². The Kier molecular flexibility index (Phi) is 5.31. The van der Waals surface area contributed by atoms with Crippen LogP contribution >= 0.6 is 0 Å². The molecule has 22 heavy (non-hydrogen) atoms. The number of ether oxygens (including phenoxy) is 2. The molecule has 0 aromatic heterocycles. The minimum Gasteiger partial charge on any atom is -0.494 e. The molecule has 0 unspecified atom stereocenters. The monoisotopic (exact) mass is 298 g/mol. The Bertz CT molecular complexity index is 632. The maximum absolute atomic E-state index is 12.2. The van der Waals surface area contributed by atoms with Crippen molar-refractivity contribution < 1.29 is 19.1 Å². The molecule has 2 rings (SSSR count). The van der Waals surface area contributed by atoms with Crippen LogP contribution in [0.3, 0.4) is 0 Å². The van der Waals surface area contributed by atoms with Crippen molar-refractivity contribution in [1.29, 1.82) is 0 Å². The first kappa shape index (κ1) is 15.8. The van der Waals surface area contributed by atoms with E-state index >= 15 is 0 Å². The first-order valence-corrected chi connectivity index (χ1v) is 7.15. The fourth-order valence-electron chi connectivity index (χ4n) is 1.97. The molecule has 0 fully saturated rings. The largest absolute Gasteiger partial charge is 0.494 e. The van der Waals surface area contributed by atoms with Crippen LogP contribution in [0.4, 0.5) is 0 Å². The molecule has 114 valence electrons. The summed E-state index contributed by atoms with van der Waals surface area (Å²) in [6.45, 7) is 4.02. The van der Waals surface area contributed by atoms with Gasteiger partial charge in [0.1, 0.15) is 5.75 Å². The third-order valence-corrected chi connectivity index (χ3v) is 3.11. The van der Waals surface area contributed by atoms with Gasteiger partial charge in [-0.05, 0) is 38.1 Å². The predicted molar refractivity (Wildman–Crippen MR) is 83.3 cm³/mol. The smallest absolute Gasteiger partial charge is 0.338 e. The van der Waals surface area contributed by atoms with Crippen molar-refractivity contribution in [2.75, 3.05) is 6.61 Å². The number of ketones is 1. The summed E-state index contributed by atoms with van der Waals surface area (Å²) in [4.78, 5) is 24.2. The molecule has 1 atom stereocenters. The van der Waals surface area contributed by atoms with Crippen molar-refractivity contribution in [2.45, 2.75) is 20.0 Å². The average molecular weight is 298 g/mol. The zero-order valence-electron chi connectivity index (χ0n) is 12.6. The Hall–Kier alpha value is -2.62. The molecule has 0 aliphatic carbocycles. The van der Waals surface area contributed by atoms with E-state index in [9.17, 15) is 9.59 Å². The fourth-order valence-corrected chi connectivity index (χ4v) is 1.97. The Labute approximate surface area is 129 Å². The van der Waals surface area contributed by atoms with Crippen LogP contribution in [0.2, 0.25) is 0 Å². The van der Waals surface area contributed by atoms with Gasteiger partial charge in [-0.15, -0.1) is 0 Å². The molecule has 0 saturated carbocycles. The van der Waals surface area contributed by atoms with Gasteiger partial charge in [0, 0.05) is 5.56 Å². The molecular formula is C18H18O4. The summed E-state index contributed by atoms with van der Waals surface area (Å²) in [6, 6.07) is 15.4. The third-order valence-electron chi connectivity index (χ3n) is 3.11. The normalized spacial score (nSPS) is 11.5. The van der Waals surface area contributed by atoms with Gasteiger partial charge >= 0.3 is 5.97 Å². The number of Topliss-reactive ketones (excluding diaryl/α,β-unsaturated/α-hetero) is 1. The fraction of sp³-hybridized carbons (Fsp3) is 0.222. The Balaban J connectivity index is 2.00. The van der Waals surface area contributed by atoms with Crippen molar-refractivity contribution in [1.82, 2.24) is 0 Å². The number of esters is 1. The quantitative estimate of drug-likeness (QED) is 0.605. The first-order valence-electron chi connectivity index (χ1n) is 7.15. The Morgan fingerprint density at radius 1 is 0.955 bits per heavy atom. The summed E-state index contributed by atoms with van der Waals surface area (Å²) < 4.78 is 10.5. The van der Waals surface area contributed by atoms with Crippen LogP contribution in [0.1, 0.15) is 34.6 Å². The predicted octanol–water partition coefficient (Wildman–Crippen LogP) is 3.51. The summed E-state index contributed by atoms with van der Waals surface area (Å²) in [5.41, 5.74) is 0.908. The van der Waals surface area contributed by atoms with Gasteiger partial charge in [0.25, 0.3) is 0 Å². The lowest BCUT2D eigenvalue weighted by atomic mass is 10.1. The number of benzene rings is 2. The maximum atomic E-state index is 12.2. The molecule has 0 saturated heterocycles. The van der Waals surface area contributed by atoms with Gasteiger partial charge in [-0.3, -0.25) is 4.79 Å². The molecule has 4 nitrogen and oxygen atoms in total. The van der Waals surface area contributed by atoms with Gasteiger partial charge < -0.3 is 9.47 Å². The molecular weight excluding hydrogens is 280 g/mol. The van der Waals surface area contributed by atoms with E-state index < -0.39 is 12.1 Å². The SMILES string of the molecule is CCOc1ccc(C(=O)O[C@H](C)C(=O)c2ccccc2)cc1. The molecule has 0 heterocycles. The van der Waals surface area contributed by atoms with Gasteiger partial charge in [-0.25, -0.2) is 4.79 Å². The van der Waals surface area contributed by atoms with Crippen LogP contribution in [0.25, 0.3) is 0 Å². The molecule has 0 aliphatic rings. The maximum Gasteiger partial charge on any atom is 0.338 e. The van der Waals surface area contributed by atoms with Crippen LogP contribution in [-0.4, -0.2) is 24.5 Å². The van der Waals surface area contributed by atoms with E-state index in [-0.39, 0.29) is 5.78 Å². The van der Waals surface area contributed by atoms with Crippen LogP contribution in [0, 0.1) is 0 Å². The van der Waals surface area contributed by atoms with Crippen molar-refractivity contribution in [3.05, 3.63) is 65.7 Å². The van der Waals surface area contributed by atoms with E-state index in [2.05, 4.69) is 0 Å². The van der Waals surface area contributed by atoms with Gasteiger partial charge in [0.05, 0.1) is 12.2 Å². The van der Waals surface area contributed by atoms with Crippen molar-refractivity contribution in [2.24, 2.45) is 0 Å². The van der Waals surface area contributed by atoms with E-state index in [0.29, 0.717) is 23.5 Å². The van der Waals surface area contributed by atoms with Crippen LogP contribution in [0.5, 0.6) is 5.75 Å². The molecule has 2 aromatic carbocycles. The highest BCUT2D eigenvalue weighted by Gasteiger charge is 2.20. The molecule has 0 amide bonds. The van der Waals surface area contributed by atoms with E-state index in [0.717, 1.165) is 0 Å². The highest BCUT2D eigenvalue weighted by Crippen LogP contribution is 2.14. The van der Waals surface area contributed by atoms with Gasteiger partial charge in [0.2, 0.25) is 5.78 Å². The molecule has 4 heteroatoms. The number of carbonyl (C=O) groups excluding carboxylic acids is 2. The van der Waals surface area contributed by atoms with E-state index in [1.165, 1.54) is 0 Å². The molecule has 0 N–H and O–H groups in total. The van der Waals surface area contributed by atoms with E-state index in [1.54, 1.807) is 55.5 Å². The lowest BCUT2D eigenvalue weighted by Crippen LogP contribution is -2.24. The second kappa shape index (κ2) is 7.41. The molecule has 0 spiro atoms. The summed E-state index contributed by atoms with van der Waals surface area (Å²) in [7, 11) is 0. The summed E-state index contributed by atoms with van der Waals surface area (Å²) >= 11 is 0. The minimum absolute atomic E-state index is 0.222. The van der Waals surface area contributed by atoms with Crippen LogP contribution < -0.4 is 4.74 Å². The van der Waals surface area contributed by atoms with Gasteiger partial charge in [0.15, 0.2) is 6.10 Å². The van der Waals surface area contributed by atoms with E-state index in [1.807, 2.05) is 13.0 Å². The first-order chi connectivity index (χ1) is 10.6. The zero-order chi connectivity index (χ0) is 15.9. The summed E-state index contributed by atoms with van der Waals surface area (Å²) in [5, 5.41) is 0. The van der Waals surface area contributed by atoms with Crippen molar-refractivity contribution >= 4 is 11.8 Å². The average Bonchev–Trinajstić information content (AvgIpc) is 2.55. The highest BCUT2D eigenvalue weighted by atomic mass is 16.5. The zero-order valence-corrected chi connectivity index (χ0v) is 12.6. The third kappa shape index (κ3) is 3.95. The second-order valence-corrected chi connectivity index (χ2v) is 4.74. The molecule has 0 radical (unpaired) electrons. The minimum atomic E-state index is -0.832. The number of carbonyl (C=O) groups is 2. The van der Waals surface area contributed by atoms with Gasteiger partial charge in [-0.2, -0.15) is 0 Å². The molecule has 0 bridgehead atoms. The number of hydrogen-bond donors (Lipinski definition) is 0. The molecule has 2 aromatic rings.